The van der Waals surface area contributed by atoms with Crippen molar-refractivity contribution >= 4 is 5.91 Å². The van der Waals surface area contributed by atoms with E-state index in [9.17, 15) is 9.90 Å². The van der Waals surface area contributed by atoms with Gasteiger partial charge >= 0.3 is 0 Å². The topological polar surface area (TPSA) is 40.5 Å². The number of nitrogens with zero attached hydrogens (tertiary/aromatic N) is 1. The van der Waals surface area contributed by atoms with E-state index in [-0.39, 0.29) is 24.0 Å². The smallest absolute Gasteiger partial charge is 0.226 e. The first-order chi connectivity index (χ1) is 8.56. The summed E-state index contributed by atoms with van der Waals surface area (Å²) in [6.07, 6.45) is 7.81. The van der Waals surface area contributed by atoms with Crippen molar-refractivity contribution in [3.8, 4) is 0 Å². The number of carbonyl (C=O) groups is 1. The molecule has 2 unspecified atom stereocenters. The third-order valence-electron chi connectivity index (χ3n) is 4.93. The Bertz CT molecular complexity index is 301. The van der Waals surface area contributed by atoms with Crippen LogP contribution in [0.15, 0.2) is 0 Å². The highest BCUT2D eigenvalue weighted by atomic mass is 16.3. The van der Waals surface area contributed by atoms with Crippen molar-refractivity contribution in [3.05, 3.63) is 0 Å². The molecule has 3 heteroatoms. The second-order valence-corrected chi connectivity index (χ2v) is 6.65. The zero-order chi connectivity index (χ0) is 13.2. The fourth-order valence-corrected chi connectivity index (χ4v) is 3.63. The molecule has 1 heterocycles. The third-order valence-corrected chi connectivity index (χ3v) is 4.93. The Labute approximate surface area is 111 Å². The first-order valence-corrected chi connectivity index (χ1v) is 7.47. The Morgan fingerprint density at radius 3 is 2.61 bits per heavy atom. The average molecular weight is 253 g/mol. The molecule has 104 valence electrons. The van der Waals surface area contributed by atoms with Crippen molar-refractivity contribution in [2.24, 2.45) is 11.3 Å². The number of piperidine rings is 1. The SMILES string of the molecule is CC1(C)CCCCC1C(=O)N1CCCCC1CO. The van der Waals surface area contributed by atoms with Crippen molar-refractivity contribution in [2.45, 2.75) is 64.8 Å². The van der Waals surface area contributed by atoms with Crippen LogP contribution < -0.4 is 0 Å². The molecule has 2 aliphatic rings. The first kappa shape index (κ1) is 13.9. The van der Waals surface area contributed by atoms with E-state index in [2.05, 4.69) is 13.8 Å². The fraction of sp³-hybridized carbons (Fsp3) is 0.933. The van der Waals surface area contributed by atoms with Gasteiger partial charge < -0.3 is 10.0 Å². The molecule has 1 aliphatic carbocycles. The van der Waals surface area contributed by atoms with E-state index >= 15 is 0 Å². The maximum atomic E-state index is 12.8. The summed E-state index contributed by atoms with van der Waals surface area (Å²) in [5.41, 5.74) is 0.132. The molecule has 2 fully saturated rings. The van der Waals surface area contributed by atoms with E-state index in [4.69, 9.17) is 0 Å². The summed E-state index contributed by atoms with van der Waals surface area (Å²) >= 11 is 0. The lowest BCUT2D eigenvalue weighted by Gasteiger charge is -2.43. The van der Waals surface area contributed by atoms with E-state index in [0.717, 1.165) is 38.6 Å². The molecule has 2 rings (SSSR count). The van der Waals surface area contributed by atoms with Crippen LogP contribution in [0.2, 0.25) is 0 Å². The van der Waals surface area contributed by atoms with Gasteiger partial charge in [0.25, 0.3) is 0 Å². The lowest BCUT2D eigenvalue weighted by molar-refractivity contribution is -0.146. The number of aliphatic hydroxyl groups is 1. The molecule has 1 saturated carbocycles. The number of aliphatic hydroxyl groups excluding tert-OH is 1. The highest BCUT2D eigenvalue weighted by Gasteiger charge is 2.41. The summed E-state index contributed by atoms with van der Waals surface area (Å²) in [5, 5.41) is 9.44. The zero-order valence-electron chi connectivity index (χ0n) is 11.8. The molecule has 1 amide bonds. The van der Waals surface area contributed by atoms with Crippen molar-refractivity contribution in [1.29, 1.82) is 0 Å². The van der Waals surface area contributed by atoms with Gasteiger partial charge in [-0.2, -0.15) is 0 Å². The quantitative estimate of drug-likeness (QED) is 0.821. The molecule has 1 N–H and O–H groups in total. The lowest BCUT2D eigenvalue weighted by Crippen LogP contribution is -2.51. The maximum Gasteiger partial charge on any atom is 0.226 e. The van der Waals surface area contributed by atoms with Crippen LogP contribution in [0.5, 0.6) is 0 Å². The van der Waals surface area contributed by atoms with E-state index in [1.54, 1.807) is 0 Å². The second kappa shape index (κ2) is 5.60. The molecule has 1 saturated heterocycles. The Morgan fingerprint density at radius 1 is 1.22 bits per heavy atom. The minimum atomic E-state index is 0.0731. The summed E-state index contributed by atoms with van der Waals surface area (Å²) in [7, 11) is 0. The fourth-order valence-electron chi connectivity index (χ4n) is 3.63. The molecule has 0 radical (unpaired) electrons. The van der Waals surface area contributed by atoms with Gasteiger partial charge in [0.15, 0.2) is 0 Å². The van der Waals surface area contributed by atoms with E-state index in [1.165, 1.54) is 12.8 Å². The van der Waals surface area contributed by atoms with Crippen LogP contribution in [-0.4, -0.2) is 35.1 Å². The minimum absolute atomic E-state index is 0.0731. The van der Waals surface area contributed by atoms with Crippen LogP contribution in [0.1, 0.15) is 58.8 Å². The van der Waals surface area contributed by atoms with Crippen LogP contribution >= 0.6 is 0 Å². The highest BCUT2D eigenvalue weighted by Crippen LogP contribution is 2.42. The Morgan fingerprint density at radius 2 is 1.94 bits per heavy atom. The van der Waals surface area contributed by atoms with E-state index in [0.29, 0.717) is 5.91 Å². The van der Waals surface area contributed by atoms with Gasteiger partial charge in [0.05, 0.1) is 12.6 Å². The molecule has 1 aliphatic heterocycles. The molecule has 18 heavy (non-hydrogen) atoms. The van der Waals surface area contributed by atoms with Gasteiger partial charge in [-0.15, -0.1) is 0 Å². The summed E-state index contributed by atoms with van der Waals surface area (Å²) in [6.45, 7) is 5.43. The van der Waals surface area contributed by atoms with E-state index in [1.807, 2.05) is 4.90 Å². The van der Waals surface area contributed by atoms with Crippen LogP contribution in [-0.2, 0) is 4.79 Å². The van der Waals surface area contributed by atoms with Gasteiger partial charge in [0.2, 0.25) is 5.91 Å². The number of hydrogen-bond acceptors (Lipinski definition) is 2. The predicted molar refractivity (Wildman–Crippen MR) is 72.2 cm³/mol. The van der Waals surface area contributed by atoms with Crippen LogP contribution in [0, 0.1) is 11.3 Å². The summed E-state index contributed by atoms with van der Waals surface area (Å²) in [5.74, 6) is 0.469. The molecule has 0 aromatic carbocycles. The Kier molecular flexibility index (Phi) is 4.31. The van der Waals surface area contributed by atoms with Crippen LogP contribution in [0.4, 0.5) is 0 Å². The summed E-state index contributed by atoms with van der Waals surface area (Å²) in [6, 6.07) is 0.0731. The van der Waals surface area contributed by atoms with Gasteiger partial charge in [-0.25, -0.2) is 0 Å². The molecule has 0 spiro atoms. The largest absolute Gasteiger partial charge is 0.394 e. The van der Waals surface area contributed by atoms with Crippen molar-refractivity contribution in [1.82, 2.24) is 4.90 Å². The first-order valence-electron chi connectivity index (χ1n) is 7.47. The van der Waals surface area contributed by atoms with Crippen LogP contribution in [0.3, 0.4) is 0 Å². The van der Waals surface area contributed by atoms with Crippen LogP contribution in [0.25, 0.3) is 0 Å². The summed E-state index contributed by atoms with van der Waals surface area (Å²) < 4.78 is 0. The average Bonchev–Trinajstić information content (AvgIpc) is 2.37. The number of amides is 1. The lowest BCUT2D eigenvalue weighted by atomic mass is 9.68. The molecule has 0 aromatic rings. The van der Waals surface area contributed by atoms with Gasteiger partial charge in [-0.05, 0) is 37.5 Å². The Hall–Kier alpha value is -0.570. The van der Waals surface area contributed by atoms with Gasteiger partial charge in [0, 0.05) is 12.5 Å². The normalized spacial score (nSPS) is 32.3. The van der Waals surface area contributed by atoms with Gasteiger partial charge in [0.1, 0.15) is 0 Å². The zero-order valence-corrected chi connectivity index (χ0v) is 11.8. The monoisotopic (exact) mass is 253 g/mol. The van der Waals surface area contributed by atoms with Crippen molar-refractivity contribution in [3.63, 3.8) is 0 Å². The molecule has 3 nitrogen and oxygen atoms in total. The molecule has 2 atom stereocenters. The standard InChI is InChI=1S/C15H27NO2/c1-15(2)9-5-3-8-13(15)14(18)16-10-6-4-7-12(16)11-17/h12-13,17H,3-11H2,1-2H3. The molecule has 0 bridgehead atoms. The number of rotatable bonds is 2. The molecular weight excluding hydrogens is 226 g/mol. The Balaban J connectivity index is 2.09. The predicted octanol–water partition coefficient (Wildman–Crippen LogP) is 2.58. The number of carbonyl (C=O) groups excluding carboxylic acids is 1. The number of hydrogen-bond donors (Lipinski definition) is 1. The van der Waals surface area contributed by atoms with Crippen molar-refractivity contribution < 1.29 is 9.90 Å². The molecular formula is C15H27NO2. The minimum Gasteiger partial charge on any atom is -0.394 e. The second-order valence-electron chi connectivity index (χ2n) is 6.65. The summed E-state index contributed by atoms with van der Waals surface area (Å²) in [4.78, 5) is 14.7. The highest BCUT2D eigenvalue weighted by molar-refractivity contribution is 5.80. The number of likely N-dealkylation sites (tertiary alicyclic amines) is 1. The van der Waals surface area contributed by atoms with Gasteiger partial charge in [-0.3, -0.25) is 4.79 Å². The molecule has 0 aromatic heterocycles. The van der Waals surface area contributed by atoms with Gasteiger partial charge in [-0.1, -0.05) is 26.7 Å². The van der Waals surface area contributed by atoms with E-state index < -0.39 is 0 Å². The third kappa shape index (κ3) is 2.71. The maximum absolute atomic E-state index is 12.8. The van der Waals surface area contributed by atoms with Crippen molar-refractivity contribution in [2.75, 3.05) is 13.2 Å².